The van der Waals surface area contributed by atoms with Crippen LogP contribution in [0.1, 0.15) is 18.2 Å². The van der Waals surface area contributed by atoms with Crippen LogP contribution in [0.15, 0.2) is 12.1 Å². The Morgan fingerprint density at radius 2 is 2.20 bits per heavy atom. The number of rotatable bonds is 1. The molecule has 0 aliphatic carbocycles. The second-order valence-corrected chi connectivity index (χ2v) is 3.15. The van der Waals surface area contributed by atoms with Crippen molar-refractivity contribution in [2.75, 3.05) is 13.2 Å². The number of hydrogen-bond acceptors (Lipinski definition) is 3. The van der Waals surface area contributed by atoms with E-state index >= 15 is 0 Å². The van der Waals surface area contributed by atoms with Crippen LogP contribution in [-0.4, -0.2) is 18.1 Å². The van der Waals surface area contributed by atoms with Gasteiger partial charge < -0.3 is 10.1 Å². The summed E-state index contributed by atoms with van der Waals surface area (Å²) in [6, 6.07) is 4.16. The molecule has 0 fully saturated rings. The average Bonchev–Trinajstić information content (AvgIpc) is 2.41. The average molecular weight is 251 g/mol. The van der Waals surface area contributed by atoms with Crippen LogP contribution in [0.4, 0.5) is 0 Å². The maximum absolute atomic E-state index is 5.52. The molecule has 2 heterocycles. The fraction of sp³-hybridized carbons (Fsp3) is 0.500. The monoisotopic (exact) mass is 250 g/mol. The van der Waals surface area contributed by atoms with Gasteiger partial charge in [0.05, 0.1) is 0 Å². The van der Waals surface area contributed by atoms with Crippen molar-refractivity contribution in [3.63, 3.8) is 0 Å². The molecule has 0 saturated carbocycles. The zero-order valence-corrected chi connectivity index (χ0v) is 10.3. The molecule has 1 aromatic heterocycles. The Hall–Kier alpha value is -0.510. The first-order valence-electron chi connectivity index (χ1n) is 4.72. The third-order valence-corrected chi connectivity index (χ3v) is 2.19. The molecular weight excluding hydrogens is 235 g/mol. The number of nitrogens with one attached hydrogen (secondary N) is 1. The topological polar surface area (TPSA) is 34.1 Å². The molecule has 0 radical (unpaired) electrons. The van der Waals surface area contributed by atoms with Crippen molar-refractivity contribution in [2.45, 2.75) is 19.9 Å². The predicted molar refractivity (Wildman–Crippen MR) is 65.3 cm³/mol. The summed E-state index contributed by atoms with van der Waals surface area (Å²) in [5.41, 5.74) is 2.26. The van der Waals surface area contributed by atoms with E-state index in [1.807, 2.05) is 0 Å². The highest BCUT2D eigenvalue weighted by molar-refractivity contribution is 5.85. The minimum absolute atomic E-state index is 0. The van der Waals surface area contributed by atoms with Gasteiger partial charge >= 0.3 is 0 Å². The Bertz CT molecular complexity index is 307. The van der Waals surface area contributed by atoms with Crippen LogP contribution in [0.2, 0.25) is 0 Å². The molecule has 86 valence electrons. The molecule has 15 heavy (non-hydrogen) atoms. The van der Waals surface area contributed by atoms with Gasteiger partial charge in [0, 0.05) is 24.3 Å². The molecule has 0 unspecified atom stereocenters. The van der Waals surface area contributed by atoms with E-state index < -0.39 is 0 Å². The van der Waals surface area contributed by atoms with E-state index in [1.54, 1.807) is 0 Å². The smallest absolute Gasteiger partial charge is 0.218 e. The number of ether oxygens (including phenoxy) is 1. The van der Waals surface area contributed by atoms with Crippen LogP contribution in [0.5, 0.6) is 5.88 Å². The third-order valence-electron chi connectivity index (χ3n) is 2.19. The molecule has 0 saturated heterocycles. The van der Waals surface area contributed by atoms with E-state index in [1.165, 1.54) is 0 Å². The molecule has 0 atom stereocenters. The van der Waals surface area contributed by atoms with E-state index in [0.29, 0.717) is 6.61 Å². The van der Waals surface area contributed by atoms with Crippen LogP contribution in [0.25, 0.3) is 0 Å². The van der Waals surface area contributed by atoms with Gasteiger partial charge in [-0.2, -0.15) is 0 Å². The summed E-state index contributed by atoms with van der Waals surface area (Å²) >= 11 is 0. The minimum Gasteiger partial charge on any atom is -0.476 e. The number of aryl methyl sites for hydroxylation is 1. The fourth-order valence-electron chi connectivity index (χ4n) is 1.41. The Kier molecular flexibility index (Phi) is 6.65. The van der Waals surface area contributed by atoms with Crippen LogP contribution in [0.3, 0.4) is 0 Å². The highest BCUT2D eigenvalue weighted by atomic mass is 35.5. The molecule has 0 spiro atoms. The number of hydrogen-bond donors (Lipinski definition) is 1. The van der Waals surface area contributed by atoms with E-state index in [0.717, 1.165) is 36.6 Å². The van der Waals surface area contributed by atoms with E-state index in [2.05, 4.69) is 29.4 Å². The zero-order chi connectivity index (χ0) is 9.10. The van der Waals surface area contributed by atoms with Gasteiger partial charge in [-0.1, -0.05) is 13.0 Å². The van der Waals surface area contributed by atoms with E-state index in [4.69, 9.17) is 4.74 Å². The van der Waals surface area contributed by atoms with Crippen LogP contribution in [0, 0.1) is 0 Å². The number of aromatic nitrogens is 1. The first-order valence-corrected chi connectivity index (χ1v) is 4.72. The van der Waals surface area contributed by atoms with Crippen LogP contribution >= 0.6 is 24.8 Å². The minimum atomic E-state index is 0. The molecule has 1 aliphatic heterocycles. The molecule has 0 aromatic carbocycles. The SMILES string of the molecule is CCc1ccc2c(n1)OCCNC2.Cl.Cl. The van der Waals surface area contributed by atoms with Crippen LogP contribution in [-0.2, 0) is 13.0 Å². The van der Waals surface area contributed by atoms with E-state index in [-0.39, 0.29) is 24.8 Å². The summed E-state index contributed by atoms with van der Waals surface area (Å²) in [6.45, 7) is 4.58. The van der Waals surface area contributed by atoms with Crippen molar-refractivity contribution in [1.82, 2.24) is 10.3 Å². The first-order chi connectivity index (χ1) is 6.40. The van der Waals surface area contributed by atoms with Crippen molar-refractivity contribution in [1.29, 1.82) is 0 Å². The highest BCUT2D eigenvalue weighted by Gasteiger charge is 2.09. The normalized spacial score (nSPS) is 13.7. The molecular formula is C10H16Cl2N2O. The van der Waals surface area contributed by atoms with Gasteiger partial charge in [0.25, 0.3) is 0 Å². The second kappa shape index (κ2) is 6.88. The van der Waals surface area contributed by atoms with Crippen molar-refractivity contribution in [3.05, 3.63) is 23.4 Å². The molecule has 0 bridgehead atoms. The van der Waals surface area contributed by atoms with Gasteiger partial charge in [0.1, 0.15) is 6.61 Å². The standard InChI is InChI=1S/C10H14N2O.2ClH/c1-2-9-4-3-8-7-11-5-6-13-10(8)12-9;;/h3-4,11H,2,5-7H2,1H3;2*1H. The van der Waals surface area contributed by atoms with Gasteiger partial charge in [0.2, 0.25) is 5.88 Å². The lowest BCUT2D eigenvalue weighted by atomic mass is 10.2. The first kappa shape index (κ1) is 14.5. The molecule has 1 aliphatic rings. The molecule has 0 amide bonds. The Labute approximate surface area is 102 Å². The number of pyridine rings is 1. The lowest BCUT2D eigenvalue weighted by Gasteiger charge is -2.06. The second-order valence-electron chi connectivity index (χ2n) is 3.15. The summed E-state index contributed by atoms with van der Waals surface area (Å²) in [7, 11) is 0. The van der Waals surface area contributed by atoms with E-state index in [9.17, 15) is 0 Å². The van der Waals surface area contributed by atoms with Crippen LogP contribution < -0.4 is 10.1 Å². The summed E-state index contributed by atoms with van der Waals surface area (Å²) in [5, 5.41) is 3.28. The molecule has 1 aromatic rings. The molecule has 5 heteroatoms. The lowest BCUT2D eigenvalue weighted by Crippen LogP contribution is -2.16. The molecule has 3 nitrogen and oxygen atoms in total. The Morgan fingerprint density at radius 3 is 2.93 bits per heavy atom. The van der Waals surface area contributed by atoms with Gasteiger partial charge in [-0.25, -0.2) is 4.98 Å². The van der Waals surface area contributed by atoms with Gasteiger partial charge in [-0.05, 0) is 12.5 Å². The zero-order valence-electron chi connectivity index (χ0n) is 8.66. The van der Waals surface area contributed by atoms with Gasteiger partial charge in [-0.15, -0.1) is 24.8 Å². The number of fused-ring (bicyclic) bond motifs is 1. The Balaban J connectivity index is 0.000000980. The summed E-state index contributed by atoms with van der Waals surface area (Å²) < 4.78 is 5.52. The summed E-state index contributed by atoms with van der Waals surface area (Å²) in [5.74, 6) is 0.810. The van der Waals surface area contributed by atoms with Crippen molar-refractivity contribution in [3.8, 4) is 5.88 Å². The quantitative estimate of drug-likeness (QED) is 0.828. The Morgan fingerprint density at radius 1 is 1.40 bits per heavy atom. The van der Waals surface area contributed by atoms with Crippen molar-refractivity contribution < 1.29 is 4.74 Å². The summed E-state index contributed by atoms with van der Waals surface area (Å²) in [6.07, 6.45) is 0.962. The highest BCUT2D eigenvalue weighted by Crippen LogP contribution is 2.17. The molecule has 2 rings (SSSR count). The third kappa shape index (κ3) is 3.52. The maximum Gasteiger partial charge on any atom is 0.218 e. The fourth-order valence-corrected chi connectivity index (χ4v) is 1.41. The number of halogens is 2. The summed E-state index contributed by atoms with van der Waals surface area (Å²) in [4.78, 5) is 4.43. The van der Waals surface area contributed by atoms with Gasteiger partial charge in [-0.3, -0.25) is 0 Å². The van der Waals surface area contributed by atoms with Crippen molar-refractivity contribution in [2.24, 2.45) is 0 Å². The maximum atomic E-state index is 5.52. The van der Waals surface area contributed by atoms with Crippen molar-refractivity contribution >= 4 is 24.8 Å². The number of nitrogens with zero attached hydrogens (tertiary/aromatic N) is 1. The predicted octanol–water partition coefficient (Wildman–Crippen LogP) is 1.97. The van der Waals surface area contributed by atoms with Gasteiger partial charge in [0.15, 0.2) is 0 Å². The lowest BCUT2D eigenvalue weighted by molar-refractivity contribution is 0.313. The largest absolute Gasteiger partial charge is 0.476 e. The molecule has 1 N–H and O–H groups in total.